The average molecular weight is 223 g/mol. The second kappa shape index (κ2) is 5.48. The van der Waals surface area contributed by atoms with Gasteiger partial charge in [0.05, 0.1) is 6.04 Å². The van der Waals surface area contributed by atoms with Crippen molar-refractivity contribution in [3.05, 3.63) is 18.2 Å². The predicted octanol–water partition coefficient (Wildman–Crippen LogP) is 2.99. The second-order valence-corrected chi connectivity index (χ2v) is 5.32. The number of imidazole rings is 1. The Bertz CT molecular complexity index is 309. The van der Waals surface area contributed by atoms with Gasteiger partial charge in [0, 0.05) is 18.9 Å². The molecule has 0 aliphatic rings. The van der Waals surface area contributed by atoms with Crippen LogP contribution in [-0.4, -0.2) is 16.1 Å². The van der Waals surface area contributed by atoms with Crippen LogP contribution in [0.2, 0.25) is 0 Å². The van der Waals surface area contributed by atoms with E-state index < -0.39 is 0 Å². The molecule has 0 radical (unpaired) electrons. The molecule has 0 aliphatic carbocycles. The maximum Gasteiger partial charge on any atom is 0.126 e. The maximum absolute atomic E-state index is 4.51. The van der Waals surface area contributed by atoms with Gasteiger partial charge in [-0.05, 0) is 25.3 Å². The molecule has 1 N–H and O–H groups in total. The van der Waals surface area contributed by atoms with Crippen LogP contribution in [0.15, 0.2) is 12.4 Å². The highest BCUT2D eigenvalue weighted by Gasteiger charge is 2.28. The topological polar surface area (TPSA) is 29.9 Å². The molecule has 1 rings (SSSR count). The average Bonchev–Trinajstić information content (AvgIpc) is 2.64. The molecule has 3 heteroatoms. The van der Waals surface area contributed by atoms with Gasteiger partial charge >= 0.3 is 0 Å². The lowest BCUT2D eigenvalue weighted by molar-refractivity contribution is 0.256. The highest BCUT2D eigenvalue weighted by atomic mass is 15.1. The van der Waals surface area contributed by atoms with Crippen LogP contribution < -0.4 is 5.32 Å². The van der Waals surface area contributed by atoms with E-state index in [9.17, 15) is 0 Å². The van der Waals surface area contributed by atoms with Crippen molar-refractivity contribution < 1.29 is 0 Å². The van der Waals surface area contributed by atoms with Crippen LogP contribution in [-0.2, 0) is 6.54 Å². The first-order valence-electron chi connectivity index (χ1n) is 6.25. The van der Waals surface area contributed by atoms with Gasteiger partial charge in [-0.1, -0.05) is 27.7 Å². The highest BCUT2D eigenvalue weighted by Crippen LogP contribution is 2.31. The zero-order valence-corrected chi connectivity index (χ0v) is 11.2. The molecule has 0 amide bonds. The lowest BCUT2D eigenvalue weighted by atomic mass is 9.86. The minimum atomic E-state index is 0.188. The van der Waals surface area contributed by atoms with E-state index in [4.69, 9.17) is 0 Å². The Kier molecular flexibility index (Phi) is 4.54. The summed E-state index contributed by atoms with van der Waals surface area (Å²) in [7, 11) is 0. The molecular weight excluding hydrogens is 198 g/mol. The van der Waals surface area contributed by atoms with E-state index in [1.54, 1.807) is 0 Å². The summed E-state index contributed by atoms with van der Waals surface area (Å²) in [5.74, 6) is 1.16. The third-order valence-electron chi connectivity index (χ3n) is 2.81. The number of hydrogen-bond acceptors (Lipinski definition) is 2. The van der Waals surface area contributed by atoms with E-state index in [0.717, 1.165) is 25.3 Å². The fourth-order valence-electron chi connectivity index (χ4n) is 1.92. The molecular formula is C13H25N3. The molecule has 1 aromatic heterocycles. The molecule has 1 heterocycles. The van der Waals surface area contributed by atoms with Crippen LogP contribution in [0.1, 0.15) is 52.9 Å². The Morgan fingerprint density at radius 1 is 1.38 bits per heavy atom. The summed E-state index contributed by atoms with van der Waals surface area (Å²) in [6.07, 6.45) is 5.10. The largest absolute Gasteiger partial charge is 0.334 e. The molecule has 0 aromatic carbocycles. The van der Waals surface area contributed by atoms with Gasteiger partial charge in [0.25, 0.3) is 0 Å². The third-order valence-corrected chi connectivity index (χ3v) is 2.81. The molecule has 0 saturated carbocycles. The summed E-state index contributed by atoms with van der Waals surface area (Å²) in [5, 5.41) is 3.60. The number of hydrogen-bond donors (Lipinski definition) is 1. The minimum Gasteiger partial charge on any atom is -0.334 e. The molecule has 92 valence electrons. The Hall–Kier alpha value is -0.830. The van der Waals surface area contributed by atoms with E-state index in [-0.39, 0.29) is 5.41 Å². The van der Waals surface area contributed by atoms with Gasteiger partial charge in [-0.3, -0.25) is 0 Å². The minimum absolute atomic E-state index is 0.188. The summed E-state index contributed by atoms with van der Waals surface area (Å²) >= 11 is 0. The summed E-state index contributed by atoms with van der Waals surface area (Å²) in [4.78, 5) is 4.51. The SMILES string of the molecule is CCCNC(c1nccn1CC)C(C)(C)C. The van der Waals surface area contributed by atoms with E-state index in [2.05, 4.69) is 55.7 Å². The van der Waals surface area contributed by atoms with Crippen molar-refractivity contribution in [3.8, 4) is 0 Å². The quantitative estimate of drug-likeness (QED) is 0.831. The lowest BCUT2D eigenvalue weighted by Gasteiger charge is -2.31. The summed E-state index contributed by atoms with van der Waals surface area (Å²) in [6, 6.07) is 0.322. The van der Waals surface area contributed by atoms with Crippen LogP contribution in [0, 0.1) is 5.41 Å². The smallest absolute Gasteiger partial charge is 0.126 e. The number of rotatable bonds is 5. The standard InChI is InChI=1S/C13H25N3/c1-6-8-14-11(13(3,4)5)12-15-9-10-16(12)7-2/h9-11,14H,6-8H2,1-5H3. The Labute approximate surface area is 99.3 Å². The van der Waals surface area contributed by atoms with Crippen molar-refractivity contribution in [1.29, 1.82) is 0 Å². The molecule has 1 atom stereocenters. The Balaban J connectivity index is 2.92. The fourth-order valence-corrected chi connectivity index (χ4v) is 1.92. The number of aryl methyl sites for hydroxylation is 1. The summed E-state index contributed by atoms with van der Waals surface area (Å²) in [5.41, 5.74) is 0.188. The molecule has 3 nitrogen and oxygen atoms in total. The van der Waals surface area contributed by atoms with Crippen molar-refractivity contribution in [2.45, 2.75) is 53.6 Å². The number of aromatic nitrogens is 2. The van der Waals surface area contributed by atoms with Gasteiger partial charge in [-0.25, -0.2) is 4.98 Å². The van der Waals surface area contributed by atoms with Crippen LogP contribution in [0.5, 0.6) is 0 Å². The van der Waals surface area contributed by atoms with Crippen molar-refractivity contribution in [1.82, 2.24) is 14.9 Å². The zero-order valence-electron chi connectivity index (χ0n) is 11.2. The van der Waals surface area contributed by atoms with Crippen molar-refractivity contribution in [3.63, 3.8) is 0 Å². The zero-order chi connectivity index (χ0) is 12.2. The summed E-state index contributed by atoms with van der Waals surface area (Å²) in [6.45, 7) is 13.1. The van der Waals surface area contributed by atoms with E-state index in [1.165, 1.54) is 0 Å². The maximum atomic E-state index is 4.51. The van der Waals surface area contributed by atoms with Crippen molar-refractivity contribution >= 4 is 0 Å². The molecule has 16 heavy (non-hydrogen) atoms. The number of nitrogens with zero attached hydrogens (tertiary/aromatic N) is 2. The van der Waals surface area contributed by atoms with Crippen molar-refractivity contribution in [2.24, 2.45) is 5.41 Å². The first-order valence-corrected chi connectivity index (χ1v) is 6.25. The lowest BCUT2D eigenvalue weighted by Crippen LogP contribution is -2.35. The van der Waals surface area contributed by atoms with Crippen LogP contribution in [0.25, 0.3) is 0 Å². The molecule has 1 unspecified atom stereocenters. The van der Waals surface area contributed by atoms with E-state index in [0.29, 0.717) is 6.04 Å². The second-order valence-electron chi connectivity index (χ2n) is 5.32. The van der Waals surface area contributed by atoms with Crippen LogP contribution in [0.3, 0.4) is 0 Å². The van der Waals surface area contributed by atoms with Gasteiger partial charge in [-0.2, -0.15) is 0 Å². The van der Waals surface area contributed by atoms with Gasteiger partial charge in [0.2, 0.25) is 0 Å². The monoisotopic (exact) mass is 223 g/mol. The Morgan fingerprint density at radius 2 is 2.06 bits per heavy atom. The molecule has 0 saturated heterocycles. The summed E-state index contributed by atoms with van der Waals surface area (Å²) < 4.78 is 2.22. The first kappa shape index (κ1) is 13.2. The van der Waals surface area contributed by atoms with Crippen LogP contribution >= 0.6 is 0 Å². The highest BCUT2D eigenvalue weighted by molar-refractivity contribution is 5.03. The Morgan fingerprint density at radius 3 is 2.56 bits per heavy atom. The molecule has 0 fully saturated rings. The fraction of sp³-hybridized carbons (Fsp3) is 0.769. The third kappa shape index (κ3) is 3.08. The molecule has 0 aliphatic heterocycles. The van der Waals surface area contributed by atoms with Crippen molar-refractivity contribution in [2.75, 3.05) is 6.54 Å². The van der Waals surface area contributed by atoms with Crippen LogP contribution in [0.4, 0.5) is 0 Å². The van der Waals surface area contributed by atoms with Gasteiger partial charge in [0.15, 0.2) is 0 Å². The first-order chi connectivity index (χ1) is 7.50. The normalized spacial score (nSPS) is 14.1. The van der Waals surface area contributed by atoms with Gasteiger partial charge in [0.1, 0.15) is 5.82 Å². The predicted molar refractivity (Wildman–Crippen MR) is 68.4 cm³/mol. The molecule has 1 aromatic rings. The molecule has 0 spiro atoms. The van der Waals surface area contributed by atoms with Gasteiger partial charge in [-0.15, -0.1) is 0 Å². The molecule has 0 bridgehead atoms. The van der Waals surface area contributed by atoms with Gasteiger partial charge < -0.3 is 9.88 Å². The number of nitrogens with one attached hydrogen (secondary N) is 1. The van der Waals surface area contributed by atoms with E-state index in [1.807, 2.05) is 6.20 Å². The van der Waals surface area contributed by atoms with E-state index >= 15 is 0 Å².